The van der Waals surface area contributed by atoms with E-state index >= 15 is 0 Å². The molecular weight excluding hydrogens is 418 g/mol. The SMILES string of the molecule is CCCCCCCc1ccc(OC(=O)C2(c3ccc(CCCC)cc3)CCCCC2)c(C#N)c1. The highest BCUT2D eigenvalue weighted by molar-refractivity contribution is 5.85. The molecule has 0 amide bonds. The Morgan fingerprint density at radius 2 is 1.50 bits per heavy atom. The third-order valence-electron chi connectivity index (χ3n) is 7.36. The summed E-state index contributed by atoms with van der Waals surface area (Å²) in [6.07, 6.45) is 15.3. The predicted molar refractivity (Wildman–Crippen MR) is 139 cm³/mol. The fraction of sp³-hybridized carbons (Fsp3) is 0.548. The molecule has 1 aliphatic rings. The molecule has 0 N–H and O–H groups in total. The van der Waals surface area contributed by atoms with Gasteiger partial charge >= 0.3 is 5.97 Å². The third kappa shape index (κ3) is 6.72. The van der Waals surface area contributed by atoms with Gasteiger partial charge in [0.15, 0.2) is 0 Å². The van der Waals surface area contributed by atoms with Crippen molar-refractivity contribution in [1.82, 2.24) is 0 Å². The van der Waals surface area contributed by atoms with E-state index < -0.39 is 5.41 Å². The summed E-state index contributed by atoms with van der Waals surface area (Å²) in [6.45, 7) is 4.43. The summed E-state index contributed by atoms with van der Waals surface area (Å²) in [4.78, 5) is 13.6. The smallest absolute Gasteiger partial charge is 0.321 e. The highest BCUT2D eigenvalue weighted by atomic mass is 16.5. The number of ether oxygens (including phenoxy) is 1. The maximum Gasteiger partial charge on any atom is 0.321 e. The average Bonchev–Trinajstić information content (AvgIpc) is 2.88. The minimum atomic E-state index is -0.619. The number of unbranched alkanes of at least 4 members (excludes halogenated alkanes) is 5. The molecule has 3 heteroatoms. The summed E-state index contributed by atoms with van der Waals surface area (Å²) in [6, 6.07) is 16.6. The number of aryl methyl sites for hydroxylation is 2. The number of hydrogen-bond donors (Lipinski definition) is 0. The Bertz CT molecular complexity index is 948. The Morgan fingerprint density at radius 3 is 2.18 bits per heavy atom. The quantitative estimate of drug-likeness (QED) is 0.182. The summed E-state index contributed by atoms with van der Waals surface area (Å²) < 4.78 is 5.98. The van der Waals surface area contributed by atoms with Gasteiger partial charge in [0, 0.05) is 0 Å². The molecule has 0 bridgehead atoms. The lowest BCUT2D eigenvalue weighted by molar-refractivity contribution is -0.142. The lowest BCUT2D eigenvalue weighted by Gasteiger charge is -2.35. The van der Waals surface area contributed by atoms with Crippen LogP contribution in [0.1, 0.15) is 113 Å². The van der Waals surface area contributed by atoms with Gasteiger partial charge in [0.2, 0.25) is 0 Å². The van der Waals surface area contributed by atoms with Crippen molar-refractivity contribution < 1.29 is 9.53 Å². The van der Waals surface area contributed by atoms with Gasteiger partial charge in [-0.15, -0.1) is 0 Å². The molecule has 0 heterocycles. The molecular formula is C31H41NO2. The van der Waals surface area contributed by atoms with Gasteiger partial charge in [-0.25, -0.2) is 0 Å². The van der Waals surface area contributed by atoms with Gasteiger partial charge in [0.05, 0.1) is 11.0 Å². The Labute approximate surface area is 206 Å². The molecule has 0 aliphatic heterocycles. The number of hydrogen-bond acceptors (Lipinski definition) is 3. The van der Waals surface area contributed by atoms with E-state index in [0.717, 1.165) is 62.5 Å². The zero-order chi connectivity index (χ0) is 24.2. The van der Waals surface area contributed by atoms with Gasteiger partial charge < -0.3 is 4.74 Å². The number of esters is 1. The molecule has 1 saturated carbocycles. The van der Waals surface area contributed by atoms with Gasteiger partial charge in [0.1, 0.15) is 11.8 Å². The second-order valence-electron chi connectivity index (χ2n) is 9.94. The minimum absolute atomic E-state index is 0.211. The van der Waals surface area contributed by atoms with Crippen LogP contribution in [0.25, 0.3) is 0 Å². The van der Waals surface area contributed by atoms with E-state index in [1.54, 1.807) is 0 Å². The van der Waals surface area contributed by atoms with Crippen molar-refractivity contribution in [1.29, 1.82) is 5.26 Å². The van der Waals surface area contributed by atoms with E-state index in [1.165, 1.54) is 44.1 Å². The Balaban J connectivity index is 1.74. The zero-order valence-electron chi connectivity index (χ0n) is 21.2. The predicted octanol–water partition coefficient (Wildman–Crippen LogP) is 8.22. The highest BCUT2D eigenvalue weighted by Crippen LogP contribution is 2.41. The molecule has 3 rings (SSSR count). The van der Waals surface area contributed by atoms with Crippen molar-refractivity contribution in [2.75, 3.05) is 0 Å². The van der Waals surface area contributed by atoms with E-state index in [2.05, 4.69) is 44.2 Å². The van der Waals surface area contributed by atoms with Crippen LogP contribution in [0.4, 0.5) is 0 Å². The van der Waals surface area contributed by atoms with Gasteiger partial charge in [0.25, 0.3) is 0 Å². The minimum Gasteiger partial charge on any atom is -0.424 e. The molecule has 1 aliphatic carbocycles. The fourth-order valence-corrected chi connectivity index (χ4v) is 5.18. The van der Waals surface area contributed by atoms with Crippen LogP contribution in [0, 0.1) is 11.3 Å². The summed E-state index contributed by atoms with van der Waals surface area (Å²) in [5, 5.41) is 9.75. The third-order valence-corrected chi connectivity index (χ3v) is 7.36. The molecule has 0 spiro atoms. The van der Waals surface area contributed by atoms with Crippen molar-refractivity contribution in [3.63, 3.8) is 0 Å². The lowest BCUT2D eigenvalue weighted by Crippen LogP contribution is -2.41. The maximum atomic E-state index is 13.6. The van der Waals surface area contributed by atoms with E-state index in [1.807, 2.05) is 18.2 Å². The monoisotopic (exact) mass is 459 g/mol. The van der Waals surface area contributed by atoms with Gasteiger partial charge in [-0.1, -0.05) is 95.5 Å². The molecule has 182 valence electrons. The number of nitrogens with zero attached hydrogens (tertiary/aromatic N) is 1. The van der Waals surface area contributed by atoms with Gasteiger partial charge in [-0.05, 0) is 67.3 Å². The molecule has 2 aromatic carbocycles. The first kappa shape index (κ1) is 26.0. The number of carbonyl (C=O) groups excluding carboxylic acids is 1. The van der Waals surface area contributed by atoms with Crippen LogP contribution in [-0.4, -0.2) is 5.97 Å². The number of benzene rings is 2. The van der Waals surface area contributed by atoms with E-state index in [9.17, 15) is 10.1 Å². The van der Waals surface area contributed by atoms with Gasteiger partial charge in [-0.3, -0.25) is 4.79 Å². The first-order valence-electron chi connectivity index (χ1n) is 13.5. The average molecular weight is 460 g/mol. The Hall–Kier alpha value is -2.60. The maximum absolute atomic E-state index is 13.6. The molecule has 0 saturated heterocycles. The van der Waals surface area contributed by atoms with Crippen LogP contribution in [0.5, 0.6) is 5.75 Å². The van der Waals surface area contributed by atoms with E-state index in [4.69, 9.17) is 4.74 Å². The van der Waals surface area contributed by atoms with Crippen molar-refractivity contribution >= 4 is 5.97 Å². The van der Waals surface area contributed by atoms with Crippen molar-refractivity contribution in [3.8, 4) is 11.8 Å². The van der Waals surface area contributed by atoms with Crippen LogP contribution in [0.15, 0.2) is 42.5 Å². The molecule has 0 atom stereocenters. The van der Waals surface area contributed by atoms with Crippen molar-refractivity contribution in [3.05, 3.63) is 64.7 Å². The number of nitriles is 1. The lowest BCUT2D eigenvalue weighted by atomic mass is 9.69. The summed E-state index contributed by atoms with van der Waals surface area (Å²) >= 11 is 0. The molecule has 3 nitrogen and oxygen atoms in total. The Kier molecular flexibility index (Phi) is 10.2. The van der Waals surface area contributed by atoms with E-state index in [-0.39, 0.29) is 5.97 Å². The van der Waals surface area contributed by atoms with Crippen LogP contribution in [0.3, 0.4) is 0 Å². The normalized spacial score (nSPS) is 15.0. The largest absolute Gasteiger partial charge is 0.424 e. The molecule has 2 aromatic rings. The van der Waals surface area contributed by atoms with Crippen LogP contribution in [-0.2, 0) is 23.1 Å². The number of carbonyl (C=O) groups is 1. The van der Waals surface area contributed by atoms with Crippen molar-refractivity contribution in [2.45, 2.75) is 109 Å². The Morgan fingerprint density at radius 1 is 0.853 bits per heavy atom. The highest BCUT2D eigenvalue weighted by Gasteiger charge is 2.43. The van der Waals surface area contributed by atoms with Crippen LogP contribution in [0.2, 0.25) is 0 Å². The van der Waals surface area contributed by atoms with Crippen molar-refractivity contribution in [2.24, 2.45) is 0 Å². The molecule has 0 aromatic heterocycles. The summed E-state index contributed by atoms with van der Waals surface area (Å²) in [5.41, 5.74) is 3.36. The first-order chi connectivity index (χ1) is 16.6. The molecule has 1 fully saturated rings. The molecule has 34 heavy (non-hydrogen) atoms. The van der Waals surface area contributed by atoms with Gasteiger partial charge in [-0.2, -0.15) is 5.26 Å². The van der Waals surface area contributed by atoms with Crippen LogP contribution < -0.4 is 4.74 Å². The molecule has 0 radical (unpaired) electrons. The fourth-order valence-electron chi connectivity index (χ4n) is 5.18. The van der Waals surface area contributed by atoms with E-state index in [0.29, 0.717) is 11.3 Å². The topological polar surface area (TPSA) is 50.1 Å². The zero-order valence-corrected chi connectivity index (χ0v) is 21.2. The molecule has 0 unspecified atom stereocenters. The summed E-state index contributed by atoms with van der Waals surface area (Å²) in [5.74, 6) is 0.184. The standard InChI is InChI=1S/C31H41NO2/c1-3-5-7-8-10-14-26-17-20-29(27(23-26)24-32)34-30(33)31(21-11-9-12-22-31)28-18-15-25(16-19-28)13-6-4-2/h15-20,23H,3-14,21-22H2,1-2H3. The van der Waals surface area contributed by atoms with Crippen LogP contribution >= 0.6 is 0 Å². The second-order valence-corrected chi connectivity index (χ2v) is 9.94. The summed E-state index contributed by atoms with van der Waals surface area (Å²) in [7, 11) is 0. The second kappa shape index (κ2) is 13.3. The number of rotatable bonds is 12. The first-order valence-corrected chi connectivity index (χ1v) is 13.5.